The highest BCUT2D eigenvalue weighted by molar-refractivity contribution is 7.97. The van der Waals surface area contributed by atoms with Crippen LogP contribution in [0.1, 0.15) is 13.8 Å². The van der Waals surface area contributed by atoms with Crippen molar-refractivity contribution in [2.75, 3.05) is 13.1 Å². The van der Waals surface area contributed by atoms with E-state index in [-0.39, 0.29) is 0 Å². The summed E-state index contributed by atoms with van der Waals surface area (Å²) in [6, 6.07) is 7.34. The summed E-state index contributed by atoms with van der Waals surface area (Å²) < 4.78 is 2.15. The van der Waals surface area contributed by atoms with E-state index in [0.717, 1.165) is 18.0 Å². The largest absolute Gasteiger partial charge is 0.489 e. The van der Waals surface area contributed by atoms with E-state index >= 15 is 0 Å². The molecular formula is C10H16BNO2S. The van der Waals surface area contributed by atoms with Crippen LogP contribution in [-0.2, 0) is 0 Å². The topological polar surface area (TPSA) is 43.7 Å². The third kappa shape index (κ3) is 3.54. The molecule has 1 aromatic rings. The van der Waals surface area contributed by atoms with E-state index in [0.29, 0.717) is 5.46 Å². The highest BCUT2D eigenvalue weighted by Crippen LogP contribution is 2.20. The minimum atomic E-state index is -1.40. The maximum absolute atomic E-state index is 9.19. The van der Waals surface area contributed by atoms with Crippen LogP contribution in [0, 0.1) is 0 Å². The zero-order valence-electron chi connectivity index (χ0n) is 9.05. The van der Waals surface area contributed by atoms with Gasteiger partial charge in [0.15, 0.2) is 0 Å². The number of benzene rings is 1. The van der Waals surface area contributed by atoms with Crippen LogP contribution in [0.5, 0.6) is 0 Å². The van der Waals surface area contributed by atoms with E-state index in [1.54, 1.807) is 24.1 Å². The Morgan fingerprint density at radius 3 is 2.33 bits per heavy atom. The Bertz CT molecular complexity index is 305. The van der Waals surface area contributed by atoms with Crippen LogP contribution in [0.2, 0.25) is 0 Å². The van der Waals surface area contributed by atoms with Gasteiger partial charge >= 0.3 is 7.12 Å². The molecule has 2 N–H and O–H groups in total. The summed E-state index contributed by atoms with van der Waals surface area (Å²) in [5.74, 6) is 0. The van der Waals surface area contributed by atoms with Crippen molar-refractivity contribution in [2.45, 2.75) is 18.7 Å². The van der Waals surface area contributed by atoms with Gasteiger partial charge in [0.2, 0.25) is 0 Å². The second-order valence-corrected chi connectivity index (χ2v) is 4.26. The fraction of sp³-hybridized carbons (Fsp3) is 0.400. The summed E-state index contributed by atoms with van der Waals surface area (Å²) in [7, 11) is -1.40. The summed E-state index contributed by atoms with van der Waals surface area (Å²) in [6.07, 6.45) is 0. The quantitative estimate of drug-likeness (QED) is 0.572. The van der Waals surface area contributed by atoms with E-state index in [4.69, 9.17) is 0 Å². The zero-order valence-corrected chi connectivity index (χ0v) is 9.87. The molecule has 0 aliphatic rings. The van der Waals surface area contributed by atoms with Gasteiger partial charge in [0.1, 0.15) is 0 Å². The summed E-state index contributed by atoms with van der Waals surface area (Å²) >= 11 is 1.56. The highest BCUT2D eigenvalue weighted by atomic mass is 32.2. The van der Waals surface area contributed by atoms with Crippen molar-refractivity contribution in [2.24, 2.45) is 0 Å². The van der Waals surface area contributed by atoms with Crippen molar-refractivity contribution in [3.8, 4) is 0 Å². The predicted octanol–water partition coefficient (Wildman–Crippen LogP) is 0.715. The standard InChI is InChI=1S/C10H16BNO2S/c1-3-12(4-2)15-10-8-6-5-7-9(10)11(13)14/h5-8,13-14H,3-4H2,1-2H3. The summed E-state index contributed by atoms with van der Waals surface area (Å²) in [6.45, 7) is 6.01. The molecule has 0 spiro atoms. The molecule has 0 fully saturated rings. The third-order valence-electron chi connectivity index (χ3n) is 2.13. The smallest absolute Gasteiger partial charge is 0.423 e. The molecule has 0 heterocycles. The molecule has 1 aromatic carbocycles. The molecule has 5 heteroatoms. The van der Waals surface area contributed by atoms with Gasteiger partial charge in [-0.3, -0.25) is 0 Å². The van der Waals surface area contributed by atoms with Gasteiger partial charge in [0.25, 0.3) is 0 Å². The van der Waals surface area contributed by atoms with Crippen LogP contribution in [-0.4, -0.2) is 34.6 Å². The molecule has 0 radical (unpaired) electrons. The van der Waals surface area contributed by atoms with Gasteiger partial charge in [0.05, 0.1) is 0 Å². The second kappa shape index (κ2) is 6.17. The van der Waals surface area contributed by atoms with Crippen molar-refractivity contribution in [1.29, 1.82) is 0 Å². The number of hydrogen-bond acceptors (Lipinski definition) is 4. The van der Waals surface area contributed by atoms with Crippen LogP contribution in [0.3, 0.4) is 0 Å². The first-order chi connectivity index (χ1) is 7.19. The molecule has 3 nitrogen and oxygen atoms in total. The van der Waals surface area contributed by atoms with Crippen LogP contribution in [0.15, 0.2) is 29.2 Å². The molecule has 0 aliphatic carbocycles. The summed E-state index contributed by atoms with van der Waals surface area (Å²) in [4.78, 5) is 0.899. The first-order valence-electron chi connectivity index (χ1n) is 5.07. The molecule has 0 amide bonds. The number of hydrogen-bond donors (Lipinski definition) is 2. The minimum absolute atomic E-state index is 0.564. The lowest BCUT2D eigenvalue weighted by atomic mass is 9.80. The molecular weight excluding hydrogens is 209 g/mol. The SMILES string of the molecule is CCN(CC)Sc1ccccc1B(O)O. The van der Waals surface area contributed by atoms with Crippen molar-refractivity contribution in [1.82, 2.24) is 4.31 Å². The average molecular weight is 225 g/mol. The average Bonchev–Trinajstić information content (AvgIpc) is 2.26. The lowest BCUT2D eigenvalue weighted by Gasteiger charge is -2.18. The Morgan fingerprint density at radius 1 is 1.20 bits per heavy atom. The summed E-state index contributed by atoms with van der Waals surface area (Å²) in [5, 5.41) is 18.4. The molecule has 15 heavy (non-hydrogen) atoms. The molecule has 0 aromatic heterocycles. The van der Waals surface area contributed by atoms with E-state index in [2.05, 4.69) is 18.2 Å². The van der Waals surface area contributed by atoms with Gasteiger partial charge in [-0.15, -0.1) is 0 Å². The number of rotatable bonds is 5. The van der Waals surface area contributed by atoms with Crippen LogP contribution in [0.25, 0.3) is 0 Å². The molecule has 82 valence electrons. The maximum atomic E-state index is 9.19. The monoisotopic (exact) mass is 225 g/mol. The first-order valence-corrected chi connectivity index (χ1v) is 5.84. The maximum Gasteiger partial charge on any atom is 0.489 e. The Kier molecular flexibility index (Phi) is 5.18. The lowest BCUT2D eigenvalue weighted by molar-refractivity contribution is 0.424. The van der Waals surface area contributed by atoms with Gasteiger partial charge in [-0.05, 0) is 23.5 Å². The van der Waals surface area contributed by atoms with Crippen molar-refractivity contribution < 1.29 is 10.0 Å². The van der Waals surface area contributed by atoms with Crippen LogP contribution in [0.4, 0.5) is 0 Å². The Balaban J connectivity index is 2.83. The summed E-state index contributed by atoms with van der Waals surface area (Å²) in [5.41, 5.74) is 0.564. The zero-order chi connectivity index (χ0) is 11.3. The highest BCUT2D eigenvalue weighted by Gasteiger charge is 2.16. The minimum Gasteiger partial charge on any atom is -0.423 e. The van der Waals surface area contributed by atoms with Crippen molar-refractivity contribution in [3.05, 3.63) is 24.3 Å². The Morgan fingerprint density at radius 2 is 1.80 bits per heavy atom. The molecule has 1 rings (SSSR count). The fourth-order valence-corrected chi connectivity index (χ4v) is 2.22. The van der Waals surface area contributed by atoms with E-state index in [9.17, 15) is 10.0 Å². The lowest BCUT2D eigenvalue weighted by Crippen LogP contribution is -2.32. The fourth-order valence-electron chi connectivity index (χ4n) is 1.27. The van der Waals surface area contributed by atoms with E-state index in [1.165, 1.54) is 0 Å². The molecule has 0 atom stereocenters. The van der Waals surface area contributed by atoms with Gasteiger partial charge in [-0.2, -0.15) is 0 Å². The van der Waals surface area contributed by atoms with Gasteiger partial charge < -0.3 is 10.0 Å². The van der Waals surface area contributed by atoms with Crippen molar-refractivity contribution in [3.63, 3.8) is 0 Å². The Labute approximate surface area is 95.4 Å². The first kappa shape index (κ1) is 12.6. The van der Waals surface area contributed by atoms with Gasteiger partial charge in [-0.1, -0.05) is 32.0 Å². The molecule has 0 aliphatic heterocycles. The normalized spacial score (nSPS) is 10.7. The molecule has 0 unspecified atom stereocenters. The number of nitrogens with zero attached hydrogens (tertiary/aromatic N) is 1. The van der Waals surface area contributed by atoms with E-state index < -0.39 is 7.12 Å². The predicted molar refractivity (Wildman–Crippen MR) is 65.0 cm³/mol. The third-order valence-corrected chi connectivity index (χ3v) is 3.47. The van der Waals surface area contributed by atoms with Gasteiger partial charge in [-0.25, -0.2) is 4.31 Å². The molecule has 0 saturated carbocycles. The Hall–Kier alpha value is -0.485. The second-order valence-electron chi connectivity index (χ2n) is 3.12. The van der Waals surface area contributed by atoms with Crippen molar-refractivity contribution >= 4 is 24.5 Å². The van der Waals surface area contributed by atoms with Crippen LogP contribution >= 0.6 is 11.9 Å². The van der Waals surface area contributed by atoms with Crippen LogP contribution < -0.4 is 5.46 Å². The van der Waals surface area contributed by atoms with Gasteiger partial charge in [0, 0.05) is 18.0 Å². The molecule has 0 saturated heterocycles. The van der Waals surface area contributed by atoms with E-state index in [1.807, 2.05) is 12.1 Å². The molecule has 0 bridgehead atoms.